The van der Waals surface area contributed by atoms with Gasteiger partial charge in [0, 0.05) is 11.6 Å². The number of methoxy groups -OCH3 is 1. The smallest absolute Gasteiger partial charge is 0.360 e. The van der Waals surface area contributed by atoms with Crippen LogP contribution in [0, 0.1) is 0 Å². The van der Waals surface area contributed by atoms with Gasteiger partial charge in [-0.25, -0.2) is 4.79 Å². The van der Waals surface area contributed by atoms with Crippen LogP contribution in [-0.2, 0) is 4.74 Å². The highest BCUT2D eigenvalue weighted by Gasteiger charge is 2.13. The van der Waals surface area contributed by atoms with Crippen molar-refractivity contribution in [2.75, 3.05) is 13.7 Å². The summed E-state index contributed by atoms with van der Waals surface area (Å²) in [7, 11) is 1.30. The molecule has 0 spiro atoms. The summed E-state index contributed by atoms with van der Waals surface area (Å²) >= 11 is 0. The third-order valence-corrected chi connectivity index (χ3v) is 2.35. The van der Waals surface area contributed by atoms with E-state index in [0.29, 0.717) is 12.4 Å². The first-order valence-corrected chi connectivity index (χ1v) is 5.53. The van der Waals surface area contributed by atoms with Crippen LogP contribution in [0.25, 0.3) is 11.3 Å². The molecule has 0 aliphatic heterocycles. The van der Waals surface area contributed by atoms with Gasteiger partial charge in [0.15, 0.2) is 11.5 Å². The van der Waals surface area contributed by atoms with E-state index < -0.39 is 5.97 Å². The molecule has 0 saturated heterocycles. The van der Waals surface area contributed by atoms with Crippen LogP contribution < -0.4 is 4.74 Å². The molecule has 0 aliphatic rings. The van der Waals surface area contributed by atoms with E-state index in [4.69, 9.17) is 9.26 Å². The fraction of sp³-hybridized carbons (Fsp3) is 0.231. The summed E-state index contributed by atoms with van der Waals surface area (Å²) in [5.74, 6) is 0.781. The second-order valence-corrected chi connectivity index (χ2v) is 3.53. The van der Waals surface area contributed by atoms with E-state index in [1.165, 1.54) is 7.11 Å². The molecule has 1 aromatic heterocycles. The molecule has 94 valence electrons. The normalized spacial score (nSPS) is 10.1. The van der Waals surface area contributed by atoms with Crippen LogP contribution in [0.4, 0.5) is 0 Å². The van der Waals surface area contributed by atoms with E-state index in [9.17, 15) is 4.79 Å². The van der Waals surface area contributed by atoms with E-state index in [0.717, 1.165) is 11.3 Å². The maximum atomic E-state index is 11.2. The predicted molar refractivity (Wildman–Crippen MR) is 64.4 cm³/mol. The number of aromatic nitrogens is 1. The van der Waals surface area contributed by atoms with Gasteiger partial charge < -0.3 is 14.0 Å². The van der Waals surface area contributed by atoms with Crippen LogP contribution in [0.15, 0.2) is 34.9 Å². The lowest BCUT2D eigenvalue weighted by Gasteiger charge is -2.02. The zero-order chi connectivity index (χ0) is 13.0. The van der Waals surface area contributed by atoms with Gasteiger partial charge in [-0.3, -0.25) is 0 Å². The Kier molecular flexibility index (Phi) is 3.62. The van der Waals surface area contributed by atoms with Crippen LogP contribution in [0.2, 0.25) is 0 Å². The standard InChI is InChI=1S/C13H13NO4/c1-3-17-10-6-4-9(5-7-10)12-8-11(14-18-12)13(15)16-2/h4-8H,3H2,1-2H3. The Morgan fingerprint density at radius 3 is 2.67 bits per heavy atom. The molecule has 0 amide bonds. The summed E-state index contributed by atoms with van der Waals surface area (Å²) in [6.45, 7) is 2.54. The van der Waals surface area contributed by atoms with Crippen LogP contribution in [0.1, 0.15) is 17.4 Å². The first-order chi connectivity index (χ1) is 8.74. The van der Waals surface area contributed by atoms with Gasteiger partial charge in [-0.1, -0.05) is 5.16 Å². The molecule has 0 saturated carbocycles. The molecule has 18 heavy (non-hydrogen) atoms. The molecule has 2 rings (SSSR count). The van der Waals surface area contributed by atoms with Crippen molar-refractivity contribution < 1.29 is 18.8 Å². The lowest BCUT2D eigenvalue weighted by Crippen LogP contribution is -2.00. The number of hydrogen-bond acceptors (Lipinski definition) is 5. The molecule has 0 fully saturated rings. The molecule has 0 bridgehead atoms. The Morgan fingerprint density at radius 1 is 1.33 bits per heavy atom. The van der Waals surface area contributed by atoms with Gasteiger partial charge in [0.1, 0.15) is 5.75 Å². The van der Waals surface area contributed by atoms with Gasteiger partial charge in [0.05, 0.1) is 13.7 Å². The van der Waals surface area contributed by atoms with E-state index in [-0.39, 0.29) is 5.69 Å². The molecule has 0 unspecified atom stereocenters. The monoisotopic (exact) mass is 247 g/mol. The van der Waals surface area contributed by atoms with Crippen LogP contribution in [0.3, 0.4) is 0 Å². The van der Waals surface area contributed by atoms with Crippen molar-refractivity contribution in [2.45, 2.75) is 6.92 Å². The molecular weight excluding hydrogens is 234 g/mol. The summed E-state index contributed by atoms with van der Waals surface area (Å²) in [6, 6.07) is 8.89. The number of ether oxygens (including phenoxy) is 2. The molecule has 0 aliphatic carbocycles. The van der Waals surface area contributed by atoms with Crippen molar-refractivity contribution in [1.82, 2.24) is 5.16 Å². The summed E-state index contributed by atoms with van der Waals surface area (Å²) in [5.41, 5.74) is 0.975. The van der Waals surface area contributed by atoms with Crippen molar-refractivity contribution >= 4 is 5.97 Å². The zero-order valence-electron chi connectivity index (χ0n) is 10.2. The first kappa shape index (κ1) is 12.2. The second kappa shape index (κ2) is 5.35. The fourth-order valence-electron chi connectivity index (χ4n) is 1.49. The summed E-state index contributed by atoms with van der Waals surface area (Å²) < 4.78 is 15.0. The van der Waals surface area contributed by atoms with Crippen molar-refractivity contribution in [3.05, 3.63) is 36.0 Å². The first-order valence-electron chi connectivity index (χ1n) is 5.53. The molecule has 1 heterocycles. The Bertz CT molecular complexity index is 530. The Balaban J connectivity index is 2.20. The largest absolute Gasteiger partial charge is 0.494 e. The van der Waals surface area contributed by atoms with Crippen molar-refractivity contribution in [1.29, 1.82) is 0 Å². The summed E-state index contributed by atoms with van der Waals surface area (Å²) in [4.78, 5) is 11.2. The molecule has 0 atom stereocenters. The van der Waals surface area contributed by atoms with E-state index >= 15 is 0 Å². The fourth-order valence-corrected chi connectivity index (χ4v) is 1.49. The molecule has 2 aromatic rings. The highest BCUT2D eigenvalue weighted by Crippen LogP contribution is 2.23. The minimum absolute atomic E-state index is 0.154. The highest BCUT2D eigenvalue weighted by molar-refractivity contribution is 5.88. The number of nitrogens with zero attached hydrogens (tertiary/aromatic N) is 1. The van der Waals surface area contributed by atoms with Gasteiger partial charge in [-0.05, 0) is 31.2 Å². The highest BCUT2D eigenvalue weighted by atomic mass is 16.5. The number of carbonyl (C=O) groups excluding carboxylic acids is 1. The third-order valence-electron chi connectivity index (χ3n) is 2.35. The average Bonchev–Trinajstić information content (AvgIpc) is 2.89. The molecule has 5 nitrogen and oxygen atoms in total. The number of benzene rings is 1. The average molecular weight is 247 g/mol. The molecule has 5 heteroatoms. The van der Waals surface area contributed by atoms with Gasteiger partial charge in [-0.15, -0.1) is 0 Å². The van der Waals surface area contributed by atoms with Crippen LogP contribution in [-0.4, -0.2) is 24.8 Å². The summed E-state index contributed by atoms with van der Waals surface area (Å²) in [5, 5.41) is 3.64. The van der Waals surface area contributed by atoms with E-state index in [2.05, 4.69) is 9.89 Å². The van der Waals surface area contributed by atoms with E-state index in [1.54, 1.807) is 6.07 Å². The molecule has 1 aromatic carbocycles. The van der Waals surface area contributed by atoms with E-state index in [1.807, 2.05) is 31.2 Å². The Labute approximate surface area is 104 Å². The number of carbonyl (C=O) groups is 1. The SMILES string of the molecule is CCOc1ccc(-c2cc(C(=O)OC)no2)cc1. The van der Waals surface area contributed by atoms with Crippen molar-refractivity contribution in [3.63, 3.8) is 0 Å². The number of hydrogen-bond donors (Lipinski definition) is 0. The lowest BCUT2D eigenvalue weighted by atomic mass is 10.1. The van der Waals surface area contributed by atoms with Crippen molar-refractivity contribution in [3.8, 4) is 17.1 Å². The maximum Gasteiger partial charge on any atom is 0.360 e. The van der Waals surface area contributed by atoms with Gasteiger partial charge in [0.25, 0.3) is 0 Å². The van der Waals surface area contributed by atoms with Crippen LogP contribution in [0.5, 0.6) is 5.75 Å². The predicted octanol–water partition coefficient (Wildman–Crippen LogP) is 2.53. The quantitative estimate of drug-likeness (QED) is 0.777. The molecule has 0 radical (unpaired) electrons. The van der Waals surface area contributed by atoms with Crippen LogP contribution >= 0.6 is 0 Å². The number of rotatable bonds is 4. The third kappa shape index (κ3) is 2.51. The minimum atomic E-state index is -0.518. The Hall–Kier alpha value is -2.30. The second-order valence-electron chi connectivity index (χ2n) is 3.53. The molecular formula is C13H13NO4. The number of esters is 1. The topological polar surface area (TPSA) is 61.6 Å². The lowest BCUT2D eigenvalue weighted by molar-refractivity contribution is 0.0589. The molecule has 0 N–H and O–H groups in total. The van der Waals surface area contributed by atoms with Gasteiger partial charge in [-0.2, -0.15) is 0 Å². The Morgan fingerprint density at radius 2 is 2.06 bits per heavy atom. The maximum absolute atomic E-state index is 11.2. The summed E-state index contributed by atoms with van der Waals surface area (Å²) in [6.07, 6.45) is 0. The van der Waals surface area contributed by atoms with Gasteiger partial charge >= 0.3 is 5.97 Å². The van der Waals surface area contributed by atoms with Crippen molar-refractivity contribution in [2.24, 2.45) is 0 Å². The minimum Gasteiger partial charge on any atom is -0.494 e. The van der Waals surface area contributed by atoms with Gasteiger partial charge in [0.2, 0.25) is 0 Å². The zero-order valence-corrected chi connectivity index (χ0v) is 10.2.